The predicted octanol–water partition coefficient (Wildman–Crippen LogP) is 4.22. The molecule has 0 aliphatic heterocycles. The van der Waals surface area contributed by atoms with Gasteiger partial charge >= 0.3 is 0 Å². The molecule has 0 unspecified atom stereocenters. The Balaban J connectivity index is 1.53. The second kappa shape index (κ2) is 6.10. The zero-order chi connectivity index (χ0) is 19.2. The second-order valence-corrected chi connectivity index (χ2v) is 6.57. The van der Waals surface area contributed by atoms with Crippen LogP contribution in [0.4, 0.5) is 0 Å². The van der Waals surface area contributed by atoms with Crippen molar-refractivity contribution >= 4 is 21.9 Å². The number of pyridine rings is 2. The van der Waals surface area contributed by atoms with Gasteiger partial charge in [0.15, 0.2) is 0 Å². The van der Waals surface area contributed by atoms with Gasteiger partial charge in [0.05, 0.1) is 41.3 Å². The third-order valence-corrected chi connectivity index (χ3v) is 4.83. The molecule has 6 aromatic rings. The van der Waals surface area contributed by atoms with Gasteiger partial charge < -0.3 is 9.40 Å². The van der Waals surface area contributed by atoms with E-state index in [1.54, 1.807) is 37.3 Å². The van der Waals surface area contributed by atoms with E-state index in [2.05, 4.69) is 30.1 Å². The molecule has 0 aliphatic rings. The zero-order valence-electron chi connectivity index (χ0n) is 15.0. The lowest BCUT2D eigenvalue weighted by atomic mass is 10.1. The molecule has 29 heavy (non-hydrogen) atoms. The SMILES string of the molecule is c1cnc(-c2ccc3[nH]nc(-c4cc5c(-c6ccoc6)nccc5[nH]4)c3n2)cn1. The predicted molar refractivity (Wildman–Crippen MR) is 108 cm³/mol. The van der Waals surface area contributed by atoms with Crippen molar-refractivity contribution in [1.82, 2.24) is 35.1 Å². The molecule has 2 N–H and O–H groups in total. The first kappa shape index (κ1) is 15.7. The summed E-state index contributed by atoms with van der Waals surface area (Å²) in [6.07, 6.45) is 10.1. The molecule has 0 fully saturated rings. The fourth-order valence-electron chi connectivity index (χ4n) is 3.47. The molecule has 6 heterocycles. The summed E-state index contributed by atoms with van der Waals surface area (Å²) in [5.74, 6) is 0. The highest BCUT2D eigenvalue weighted by Crippen LogP contribution is 2.32. The van der Waals surface area contributed by atoms with E-state index in [9.17, 15) is 0 Å². The second-order valence-electron chi connectivity index (χ2n) is 6.57. The van der Waals surface area contributed by atoms with E-state index in [0.717, 1.165) is 50.3 Å². The van der Waals surface area contributed by atoms with Crippen LogP contribution in [0.3, 0.4) is 0 Å². The number of rotatable bonds is 3. The van der Waals surface area contributed by atoms with Crippen molar-refractivity contribution < 1.29 is 4.42 Å². The molecule has 6 aromatic heterocycles. The smallest absolute Gasteiger partial charge is 0.135 e. The van der Waals surface area contributed by atoms with Gasteiger partial charge in [0.1, 0.15) is 16.9 Å². The molecule has 0 bridgehead atoms. The Labute approximate surface area is 163 Å². The number of nitrogens with one attached hydrogen (secondary N) is 2. The third-order valence-electron chi connectivity index (χ3n) is 4.83. The van der Waals surface area contributed by atoms with Crippen molar-refractivity contribution in [3.8, 4) is 34.0 Å². The highest BCUT2D eigenvalue weighted by Gasteiger charge is 2.16. The molecule has 138 valence electrons. The lowest BCUT2D eigenvalue weighted by Crippen LogP contribution is -1.89. The maximum atomic E-state index is 5.22. The summed E-state index contributed by atoms with van der Waals surface area (Å²) in [6.45, 7) is 0. The van der Waals surface area contributed by atoms with Crippen LogP contribution in [-0.4, -0.2) is 35.1 Å². The fraction of sp³-hybridized carbons (Fsp3) is 0. The Hall–Kier alpha value is -4.33. The van der Waals surface area contributed by atoms with Crippen molar-refractivity contribution in [1.29, 1.82) is 0 Å². The van der Waals surface area contributed by atoms with Crippen LogP contribution in [0.25, 0.3) is 56.0 Å². The van der Waals surface area contributed by atoms with E-state index in [4.69, 9.17) is 9.40 Å². The van der Waals surface area contributed by atoms with Crippen LogP contribution in [-0.2, 0) is 0 Å². The summed E-state index contributed by atoms with van der Waals surface area (Å²) in [6, 6.07) is 9.73. The Bertz CT molecular complexity index is 1450. The van der Waals surface area contributed by atoms with Gasteiger partial charge in [-0.25, -0.2) is 4.98 Å². The van der Waals surface area contributed by atoms with Crippen molar-refractivity contribution in [2.24, 2.45) is 0 Å². The van der Waals surface area contributed by atoms with E-state index in [1.165, 1.54) is 0 Å². The first-order chi connectivity index (χ1) is 14.4. The number of furan rings is 1. The number of aromatic amines is 2. The molecule has 8 heteroatoms. The van der Waals surface area contributed by atoms with Gasteiger partial charge in [-0.2, -0.15) is 5.10 Å². The number of hydrogen-bond acceptors (Lipinski definition) is 6. The summed E-state index contributed by atoms with van der Waals surface area (Å²) in [5, 5.41) is 8.54. The van der Waals surface area contributed by atoms with Crippen LogP contribution in [0.15, 0.2) is 72.1 Å². The van der Waals surface area contributed by atoms with Crippen molar-refractivity contribution in [2.45, 2.75) is 0 Å². The van der Waals surface area contributed by atoms with Crippen molar-refractivity contribution in [3.63, 3.8) is 0 Å². The minimum Gasteiger partial charge on any atom is -0.472 e. The number of H-pyrrole nitrogens is 2. The quantitative estimate of drug-likeness (QED) is 0.476. The standard InChI is InChI=1S/C21H13N7O/c1-2-16-20(26-15(1)18-10-22-6-7-23-18)21(28-27-16)17-9-13-14(25-17)3-5-24-19(13)12-4-8-29-11-12/h1-11,25H,(H,27,28). The number of aromatic nitrogens is 7. The summed E-state index contributed by atoms with van der Waals surface area (Å²) in [4.78, 5) is 21.2. The van der Waals surface area contributed by atoms with E-state index < -0.39 is 0 Å². The molecule has 0 saturated carbocycles. The highest BCUT2D eigenvalue weighted by atomic mass is 16.3. The number of hydrogen-bond donors (Lipinski definition) is 2. The summed E-state index contributed by atoms with van der Waals surface area (Å²) in [7, 11) is 0. The van der Waals surface area contributed by atoms with Gasteiger partial charge in [0.25, 0.3) is 0 Å². The minimum absolute atomic E-state index is 0.713. The normalized spacial score (nSPS) is 11.4. The van der Waals surface area contributed by atoms with E-state index in [0.29, 0.717) is 5.69 Å². The largest absolute Gasteiger partial charge is 0.472 e. The van der Waals surface area contributed by atoms with Gasteiger partial charge in [-0.15, -0.1) is 0 Å². The Morgan fingerprint density at radius 1 is 0.862 bits per heavy atom. The third kappa shape index (κ3) is 2.50. The maximum absolute atomic E-state index is 5.22. The topological polar surface area (TPSA) is 109 Å². The van der Waals surface area contributed by atoms with Crippen LogP contribution in [0.5, 0.6) is 0 Å². The fourth-order valence-corrected chi connectivity index (χ4v) is 3.47. The summed E-state index contributed by atoms with van der Waals surface area (Å²) < 4.78 is 5.22. The molecule has 0 radical (unpaired) electrons. The van der Waals surface area contributed by atoms with Crippen molar-refractivity contribution in [2.75, 3.05) is 0 Å². The Kier molecular flexibility index (Phi) is 3.30. The maximum Gasteiger partial charge on any atom is 0.135 e. The van der Waals surface area contributed by atoms with E-state index in [1.807, 2.05) is 30.3 Å². The van der Waals surface area contributed by atoms with E-state index in [-0.39, 0.29) is 0 Å². The summed E-state index contributed by atoms with van der Waals surface area (Å²) in [5.41, 5.74) is 7.40. The van der Waals surface area contributed by atoms with Gasteiger partial charge in [0.2, 0.25) is 0 Å². The van der Waals surface area contributed by atoms with Gasteiger partial charge in [-0.05, 0) is 30.3 Å². The van der Waals surface area contributed by atoms with Crippen LogP contribution in [0.2, 0.25) is 0 Å². The van der Waals surface area contributed by atoms with Crippen LogP contribution >= 0.6 is 0 Å². The molecule has 0 amide bonds. The molecular formula is C21H13N7O. The average Bonchev–Trinajstić information content (AvgIpc) is 3.52. The van der Waals surface area contributed by atoms with Crippen molar-refractivity contribution in [3.05, 3.63) is 67.6 Å². The molecule has 0 aromatic carbocycles. The lowest BCUT2D eigenvalue weighted by Gasteiger charge is -1.99. The first-order valence-corrected chi connectivity index (χ1v) is 8.99. The number of fused-ring (bicyclic) bond motifs is 2. The molecular weight excluding hydrogens is 366 g/mol. The van der Waals surface area contributed by atoms with Crippen LogP contribution in [0.1, 0.15) is 0 Å². The van der Waals surface area contributed by atoms with Crippen LogP contribution < -0.4 is 0 Å². The molecule has 0 saturated heterocycles. The Morgan fingerprint density at radius 3 is 2.72 bits per heavy atom. The number of nitrogens with zero attached hydrogens (tertiary/aromatic N) is 5. The monoisotopic (exact) mass is 379 g/mol. The molecule has 0 atom stereocenters. The summed E-state index contributed by atoms with van der Waals surface area (Å²) >= 11 is 0. The highest BCUT2D eigenvalue weighted by molar-refractivity contribution is 5.99. The molecule has 6 rings (SSSR count). The molecule has 8 nitrogen and oxygen atoms in total. The lowest BCUT2D eigenvalue weighted by molar-refractivity contribution is 0.568. The molecule has 0 aliphatic carbocycles. The van der Waals surface area contributed by atoms with Gasteiger partial charge in [-0.3, -0.25) is 20.1 Å². The zero-order valence-corrected chi connectivity index (χ0v) is 15.0. The molecule has 0 spiro atoms. The average molecular weight is 379 g/mol. The van der Waals surface area contributed by atoms with Gasteiger partial charge in [-0.1, -0.05) is 0 Å². The van der Waals surface area contributed by atoms with E-state index >= 15 is 0 Å². The Morgan fingerprint density at radius 2 is 1.86 bits per heavy atom. The van der Waals surface area contributed by atoms with Gasteiger partial charge in [0, 0.05) is 35.1 Å². The first-order valence-electron chi connectivity index (χ1n) is 8.99. The minimum atomic E-state index is 0.713. The van der Waals surface area contributed by atoms with Crippen LogP contribution in [0, 0.1) is 0 Å².